The first-order valence-electron chi connectivity index (χ1n) is 18.4. The van der Waals surface area contributed by atoms with Gasteiger partial charge in [0.05, 0.1) is 23.2 Å². The smallest absolute Gasteiger partial charge is 0.409 e. The summed E-state index contributed by atoms with van der Waals surface area (Å²) in [5.41, 5.74) is 0.503. The van der Waals surface area contributed by atoms with Crippen LogP contribution in [0.3, 0.4) is 0 Å². The van der Waals surface area contributed by atoms with Gasteiger partial charge in [-0.25, -0.2) is 14.6 Å². The van der Waals surface area contributed by atoms with Gasteiger partial charge in [-0.1, -0.05) is 72.2 Å². The Balaban J connectivity index is 1.40. The number of esters is 1. The maximum atomic E-state index is 14.1. The zero-order valence-electron chi connectivity index (χ0n) is 32.5. The number of pyridine rings is 1. The molecule has 5 rings (SSSR count). The van der Waals surface area contributed by atoms with Gasteiger partial charge < -0.3 is 29.1 Å². The van der Waals surface area contributed by atoms with E-state index in [0.29, 0.717) is 22.9 Å². The highest BCUT2D eigenvalue weighted by Crippen LogP contribution is 2.49. The number of anilines is 1. The van der Waals surface area contributed by atoms with E-state index in [9.17, 15) is 24.3 Å². The molecule has 0 spiro atoms. The number of alkyl carbamates (subject to hydrolysis) is 1. The summed E-state index contributed by atoms with van der Waals surface area (Å²) in [5.74, 6) is -1.75. The number of fused-ring (bicyclic) bond motifs is 5. The van der Waals surface area contributed by atoms with Crippen molar-refractivity contribution in [2.24, 2.45) is 11.8 Å². The van der Waals surface area contributed by atoms with Crippen LogP contribution in [0.5, 0.6) is 0 Å². The minimum Gasteiger partial charge on any atom is -0.457 e. The Hall–Kier alpha value is -3.56. The van der Waals surface area contributed by atoms with Crippen molar-refractivity contribution in [3.8, 4) is 0 Å². The molecule has 2 fully saturated rings. The topological polar surface area (TPSA) is 151 Å². The number of aliphatic hydroxyl groups is 1. The number of rotatable bonds is 8. The van der Waals surface area contributed by atoms with Crippen molar-refractivity contribution in [1.29, 1.82) is 0 Å². The van der Waals surface area contributed by atoms with Crippen LogP contribution in [0.4, 0.5) is 10.5 Å². The fourth-order valence-corrected chi connectivity index (χ4v) is 9.06. The summed E-state index contributed by atoms with van der Waals surface area (Å²) in [6.45, 7) is 10.9. The summed E-state index contributed by atoms with van der Waals surface area (Å²) < 4.78 is 18.1. The summed E-state index contributed by atoms with van der Waals surface area (Å²) in [6, 6.07) is 8.50. The van der Waals surface area contributed by atoms with Gasteiger partial charge in [0.2, 0.25) is 11.8 Å². The number of benzene rings is 1. The van der Waals surface area contributed by atoms with E-state index < -0.39 is 59.6 Å². The zero-order valence-corrected chi connectivity index (χ0v) is 34.9. The maximum Gasteiger partial charge on any atom is 0.409 e. The van der Waals surface area contributed by atoms with Crippen molar-refractivity contribution in [3.05, 3.63) is 76.5 Å². The monoisotopic (exact) mass is 814 g/mol. The number of hydrogen-bond acceptors (Lipinski definition) is 11. The van der Waals surface area contributed by atoms with Gasteiger partial charge in [-0.05, 0) is 74.2 Å². The van der Waals surface area contributed by atoms with E-state index in [1.165, 1.54) is 31.4 Å². The molecule has 2 saturated heterocycles. The van der Waals surface area contributed by atoms with E-state index in [1.807, 2.05) is 76.3 Å². The molecule has 15 heteroatoms. The molecule has 12 nitrogen and oxygen atoms in total. The highest BCUT2D eigenvalue weighted by Gasteiger charge is 2.64. The summed E-state index contributed by atoms with van der Waals surface area (Å²) in [4.78, 5) is 61.0. The van der Waals surface area contributed by atoms with Gasteiger partial charge in [0.25, 0.3) is 0 Å². The average molecular weight is 815 g/mol. The maximum absolute atomic E-state index is 14.1. The fourth-order valence-electron chi connectivity index (χ4n) is 6.96. The van der Waals surface area contributed by atoms with Crippen molar-refractivity contribution in [1.82, 2.24) is 15.2 Å². The molecule has 1 aromatic carbocycles. The predicted molar refractivity (Wildman–Crippen MR) is 215 cm³/mol. The van der Waals surface area contributed by atoms with Crippen LogP contribution >= 0.6 is 33.2 Å². The van der Waals surface area contributed by atoms with Crippen LogP contribution < -0.4 is 10.2 Å². The number of carbonyl (C=O) groups is 4. The molecule has 2 aromatic rings. The lowest BCUT2D eigenvalue weighted by Crippen LogP contribution is -2.60. The van der Waals surface area contributed by atoms with Crippen LogP contribution in [0.2, 0.25) is 5.02 Å². The number of likely N-dealkylation sites (N-methyl/N-ethyl adjacent to an activating group) is 1. The van der Waals surface area contributed by atoms with Crippen LogP contribution in [-0.4, -0.2) is 94.4 Å². The molecular weight excluding hydrogens is 764 g/mol. The Morgan fingerprint density at radius 1 is 1.24 bits per heavy atom. The molecule has 55 heavy (non-hydrogen) atoms. The Bertz CT molecular complexity index is 1830. The molecule has 8 unspecified atom stereocenters. The second kappa shape index (κ2) is 17.7. The first-order chi connectivity index (χ1) is 25.9. The molecule has 2 N–H and O–H groups in total. The van der Waals surface area contributed by atoms with E-state index >= 15 is 0 Å². The molecule has 3 aliphatic rings. The Morgan fingerprint density at radius 3 is 2.69 bits per heavy atom. The number of allylic oxidation sites excluding steroid dienone is 3. The third-order valence-corrected chi connectivity index (χ3v) is 13.6. The van der Waals surface area contributed by atoms with E-state index in [4.69, 9.17) is 25.8 Å². The van der Waals surface area contributed by atoms with E-state index in [2.05, 4.69) is 10.3 Å². The van der Waals surface area contributed by atoms with Crippen molar-refractivity contribution < 1.29 is 38.5 Å². The largest absolute Gasteiger partial charge is 0.457 e. The normalized spacial score (nSPS) is 30.5. The highest BCUT2D eigenvalue weighted by molar-refractivity contribution is 8.76. The molecule has 3 aliphatic heterocycles. The van der Waals surface area contributed by atoms with E-state index in [1.54, 1.807) is 34.1 Å². The second-order valence-corrected chi connectivity index (χ2v) is 17.8. The van der Waals surface area contributed by atoms with Gasteiger partial charge in [0.1, 0.15) is 34.6 Å². The summed E-state index contributed by atoms with van der Waals surface area (Å²) >= 11 is 6.79. The van der Waals surface area contributed by atoms with Crippen molar-refractivity contribution in [3.63, 3.8) is 0 Å². The van der Waals surface area contributed by atoms with Gasteiger partial charge >= 0.3 is 12.1 Å². The van der Waals surface area contributed by atoms with Crippen molar-refractivity contribution >= 4 is 62.8 Å². The lowest BCUT2D eigenvalue weighted by atomic mass is 9.82. The summed E-state index contributed by atoms with van der Waals surface area (Å²) in [6.07, 6.45) is 4.71. The number of amides is 3. The Kier molecular flexibility index (Phi) is 13.7. The number of epoxide rings is 1. The SMILES string of the molecule is C/C1=C\C=C\C(C)C2(O)CC(OC(=O)N2)C(C)C2OC2(C)C(OC(=O)C(C)N(C)C(=O)CCSSc2ccccn2)CC(=O)N(C)c2cc(cc(C)c2Cl)C1. The summed E-state index contributed by atoms with van der Waals surface area (Å²) in [7, 11) is 6.14. The van der Waals surface area contributed by atoms with Crippen LogP contribution in [0.1, 0.15) is 65.0 Å². The molecular formula is C40H51ClN4O8S2. The molecule has 1 aromatic heterocycles. The first-order valence-corrected chi connectivity index (χ1v) is 21.1. The third kappa shape index (κ3) is 10.1. The minimum atomic E-state index is -1.60. The number of aromatic nitrogens is 1. The second-order valence-electron chi connectivity index (χ2n) is 15.0. The molecule has 0 aliphatic carbocycles. The van der Waals surface area contributed by atoms with Crippen LogP contribution in [0, 0.1) is 18.8 Å². The summed E-state index contributed by atoms with van der Waals surface area (Å²) in [5, 5.41) is 15.5. The Morgan fingerprint density at radius 2 is 1.98 bits per heavy atom. The number of aryl methyl sites for hydroxylation is 1. The lowest BCUT2D eigenvalue weighted by Gasteiger charge is -2.41. The van der Waals surface area contributed by atoms with Gasteiger partial charge in [0.15, 0.2) is 0 Å². The lowest BCUT2D eigenvalue weighted by molar-refractivity contribution is -0.161. The zero-order chi connectivity index (χ0) is 40.2. The molecule has 298 valence electrons. The van der Waals surface area contributed by atoms with Gasteiger partial charge in [-0.3, -0.25) is 14.9 Å². The number of ether oxygens (including phenoxy) is 3. The molecule has 4 heterocycles. The van der Waals surface area contributed by atoms with Gasteiger partial charge in [-0.2, -0.15) is 0 Å². The number of nitrogens with zero attached hydrogens (tertiary/aromatic N) is 3. The molecule has 8 atom stereocenters. The minimum absolute atomic E-state index is 0.0718. The fraction of sp³-hybridized carbons (Fsp3) is 0.525. The molecule has 4 bridgehead atoms. The van der Waals surface area contributed by atoms with Crippen molar-refractivity contribution in [2.75, 3.05) is 24.7 Å². The molecule has 0 radical (unpaired) electrons. The quantitative estimate of drug-likeness (QED) is 0.128. The standard InChI is InChI=1S/C40H51ClN4O8S2/c1-23-12-11-13-25(3)40(50)22-30(51-38(49)43-40)26(4)36-39(6,53-36)31(21-34(47)45(8)29-20-28(18-23)19-24(2)35(29)41)52-37(48)27(5)44(7)33(46)15-17-54-55-32-14-9-10-16-42-32/h9-14,16,19-20,25-27,30-31,36,50H,15,17-18,21-22H2,1-8H3,(H,43,49)/b13-11+,23-12+. The number of carbonyl (C=O) groups excluding carboxylic acids is 4. The van der Waals surface area contributed by atoms with Crippen molar-refractivity contribution in [2.45, 2.75) is 108 Å². The van der Waals surface area contributed by atoms with Crippen LogP contribution in [0.15, 0.2) is 65.4 Å². The van der Waals surface area contributed by atoms with Crippen LogP contribution in [0.25, 0.3) is 0 Å². The molecule has 0 saturated carbocycles. The number of halogens is 1. The predicted octanol–water partition coefficient (Wildman–Crippen LogP) is 6.66. The Labute approximate surface area is 336 Å². The number of nitrogens with one attached hydrogen (secondary N) is 1. The van der Waals surface area contributed by atoms with Crippen LogP contribution in [-0.2, 0) is 35.0 Å². The third-order valence-electron chi connectivity index (χ3n) is 10.8. The van der Waals surface area contributed by atoms with E-state index in [-0.39, 0.29) is 31.1 Å². The van der Waals surface area contributed by atoms with Gasteiger partial charge in [0, 0.05) is 50.7 Å². The molecule has 3 amide bonds. The average Bonchev–Trinajstić information content (AvgIpc) is 3.84. The van der Waals surface area contributed by atoms with Gasteiger partial charge in [-0.15, -0.1) is 0 Å². The highest BCUT2D eigenvalue weighted by atomic mass is 35.5. The first kappa shape index (κ1) is 42.6. The van der Waals surface area contributed by atoms with E-state index in [0.717, 1.165) is 21.7 Å². The number of hydrogen-bond donors (Lipinski definition) is 2.